The molecule has 0 saturated carbocycles. The van der Waals surface area contributed by atoms with E-state index in [-0.39, 0.29) is 5.91 Å². The second kappa shape index (κ2) is 7.38. The Kier molecular flexibility index (Phi) is 5.81. The molecule has 5 heteroatoms. The van der Waals surface area contributed by atoms with Crippen molar-refractivity contribution in [1.82, 2.24) is 10.2 Å². The standard InChI is InChI=1S/C15H29N3O2/c1-13-3-2-7-18(11-13)8-6-17-14(19)15(12-16)4-9-20-10-5-15/h13H,2-12,16H2,1H3,(H,17,19). The molecule has 2 heterocycles. The van der Waals surface area contributed by atoms with Gasteiger partial charge in [0.1, 0.15) is 0 Å². The van der Waals surface area contributed by atoms with Crippen LogP contribution in [0.25, 0.3) is 0 Å². The quantitative estimate of drug-likeness (QED) is 0.775. The number of piperidine rings is 1. The number of nitrogens with one attached hydrogen (secondary N) is 1. The Morgan fingerprint density at radius 3 is 2.85 bits per heavy atom. The molecule has 0 aliphatic carbocycles. The summed E-state index contributed by atoms with van der Waals surface area (Å²) in [5.41, 5.74) is 5.45. The van der Waals surface area contributed by atoms with E-state index in [0.29, 0.717) is 19.8 Å². The topological polar surface area (TPSA) is 67.6 Å². The highest BCUT2D eigenvalue weighted by Crippen LogP contribution is 2.29. The fraction of sp³-hybridized carbons (Fsp3) is 0.933. The summed E-state index contributed by atoms with van der Waals surface area (Å²) in [6.45, 7) is 8.02. The maximum absolute atomic E-state index is 12.4. The normalized spacial score (nSPS) is 27.2. The number of hydrogen-bond acceptors (Lipinski definition) is 4. The number of carbonyl (C=O) groups is 1. The maximum Gasteiger partial charge on any atom is 0.227 e. The van der Waals surface area contributed by atoms with Gasteiger partial charge in [-0.3, -0.25) is 4.79 Å². The van der Waals surface area contributed by atoms with Crippen LogP contribution in [0.4, 0.5) is 0 Å². The average molecular weight is 283 g/mol. The molecule has 0 aromatic carbocycles. The predicted molar refractivity (Wildman–Crippen MR) is 79.4 cm³/mol. The molecule has 1 unspecified atom stereocenters. The van der Waals surface area contributed by atoms with Crippen molar-refractivity contribution in [2.24, 2.45) is 17.1 Å². The van der Waals surface area contributed by atoms with Crippen molar-refractivity contribution in [3.05, 3.63) is 0 Å². The van der Waals surface area contributed by atoms with Crippen LogP contribution in [0.1, 0.15) is 32.6 Å². The lowest BCUT2D eigenvalue weighted by atomic mass is 9.79. The molecule has 2 rings (SSSR count). The van der Waals surface area contributed by atoms with E-state index >= 15 is 0 Å². The summed E-state index contributed by atoms with van der Waals surface area (Å²) >= 11 is 0. The lowest BCUT2D eigenvalue weighted by Crippen LogP contribution is -2.50. The molecule has 5 nitrogen and oxygen atoms in total. The minimum atomic E-state index is -0.395. The van der Waals surface area contributed by atoms with E-state index in [1.54, 1.807) is 0 Å². The van der Waals surface area contributed by atoms with Crippen molar-refractivity contribution in [1.29, 1.82) is 0 Å². The van der Waals surface area contributed by atoms with E-state index in [1.165, 1.54) is 12.8 Å². The molecule has 3 N–H and O–H groups in total. The van der Waals surface area contributed by atoms with E-state index in [2.05, 4.69) is 17.1 Å². The van der Waals surface area contributed by atoms with Crippen LogP contribution in [0, 0.1) is 11.3 Å². The lowest BCUT2D eigenvalue weighted by molar-refractivity contribution is -0.135. The van der Waals surface area contributed by atoms with Gasteiger partial charge >= 0.3 is 0 Å². The van der Waals surface area contributed by atoms with Gasteiger partial charge in [0.15, 0.2) is 0 Å². The van der Waals surface area contributed by atoms with Gasteiger partial charge in [0.2, 0.25) is 5.91 Å². The number of nitrogens with zero attached hydrogens (tertiary/aromatic N) is 1. The zero-order valence-electron chi connectivity index (χ0n) is 12.7. The minimum absolute atomic E-state index is 0.119. The van der Waals surface area contributed by atoms with Crippen LogP contribution in [0.3, 0.4) is 0 Å². The van der Waals surface area contributed by atoms with Crippen LogP contribution in [-0.4, -0.2) is 56.7 Å². The second-order valence-electron chi connectivity index (χ2n) is 6.40. The number of hydrogen-bond donors (Lipinski definition) is 2. The Balaban J connectivity index is 1.73. The van der Waals surface area contributed by atoms with E-state index in [9.17, 15) is 4.79 Å². The Bertz CT molecular complexity index is 316. The summed E-state index contributed by atoms with van der Waals surface area (Å²) in [5.74, 6) is 0.902. The van der Waals surface area contributed by atoms with Crippen molar-refractivity contribution in [2.75, 3.05) is 45.9 Å². The monoisotopic (exact) mass is 283 g/mol. The van der Waals surface area contributed by atoms with Gasteiger partial charge < -0.3 is 20.7 Å². The predicted octanol–water partition coefficient (Wildman–Crippen LogP) is 0.590. The van der Waals surface area contributed by atoms with Crippen molar-refractivity contribution in [3.63, 3.8) is 0 Å². The van der Waals surface area contributed by atoms with Gasteiger partial charge in [0.05, 0.1) is 5.41 Å². The highest BCUT2D eigenvalue weighted by atomic mass is 16.5. The van der Waals surface area contributed by atoms with Gasteiger partial charge in [-0.15, -0.1) is 0 Å². The van der Waals surface area contributed by atoms with Crippen LogP contribution in [0.15, 0.2) is 0 Å². The smallest absolute Gasteiger partial charge is 0.227 e. The molecule has 116 valence electrons. The fourth-order valence-corrected chi connectivity index (χ4v) is 3.29. The van der Waals surface area contributed by atoms with E-state index in [0.717, 1.165) is 44.9 Å². The Morgan fingerprint density at radius 1 is 1.45 bits per heavy atom. The minimum Gasteiger partial charge on any atom is -0.381 e. The molecule has 2 saturated heterocycles. The third-order valence-electron chi connectivity index (χ3n) is 4.78. The van der Waals surface area contributed by atoms with Gasteiger partial charge in [0, 0.05) is 39.4 Å². The number of likely N-dealkylation sites (tertiary alicyclic amines) is 1. The average Bonchev–Trinajstić information content (AvgIpc) is 2.48. The molecule has 1 atom stereocenters. The Labute approximate surface area is 122 Å². The fourth-order valence-electron chi connectivity index (χ4n) is 3.29. The Hall–Kier alpha value is -0.650. The second-order valence-corrected chi connectivity index (χ2v) is 6.40. The van der Waals surface area contributed by atoms with Crippen molar-refractivity contribution < 1.29 is 9.53 Å². The summed E-state index contributed by atoms with van der Waals surface area (Å²) in [4.78, 5) is 14.8. The highest BCUT2D eigenvalue weighted by molar-refractivity contribution is 5.83. The molecular formula is C15H29N3O2. The van der Waals surface area contributed by atoms with Crippen LogP contribution in [-0.2, 0) is 9.53 Å². The molecule has 1 amide bonds. The van der Waals surface area contributed by atoms with E-state index < -0.39 is 5.41 Å². The zero-order chi connectivity index (χ0) is 14.4. The molecular weight excluding hydrogens is 254 g/mol. The molecule has 2 aliphatic heterocycles. The third kappa shape index (κ3) is 3.93. The van der Waals surface area contributed by atoms with Gasteiger partial charge in [-0.05, 0) is 38.1 Å². The molecule has 0 radical (unpaired) electrons. The van der Waals surface area contributed by atoms with Crippen LogP contribution in [0.2, 0.25) is 0 Å². The van der Waals surface area contributed by atoms with Crippen molar-refractivity contribution >= 4 is 5.91 Å². The van der Waals surface area contributed by atoms with E-state index in [1.807, 2.05) is 0 Å². The summed E-state index contributed by atoms with van der Waals surface area (Å²) in [7, 11) is 0. The van der Waals surface area contributed by atoms with Gasteiger partial charge in [0.25, 0.3) is 0 Å². The first-order valence-corrected chi connectivity index (χ1v) is 7.95. The zero-order valence-corrected chi connectivity index (χ0v) is 12.7. The van der Waals surface area contributed by atoms with E-state index in [4.69, 9.17) is 10.5 Å². The van der Waals surface area contributed by atoms with Crippen LogP contribution >= 0.6 is 0 Å². The summed E-state index contributed by atoms with van der Waals surface area (Å²) in [6.07, 6.45) is 4.10. The van der Waals surface area contributed by atoms with Gasteiger partial charge in [-0.25, -0.2) is 0 Å². The maximum atomic E-state index is 12.4. The number of carbonyl (C=O) groups excluding carboxylic acids is 1. The van der Waals surface area contributed by atoms with Crippen molar-refractivity contribution in [2.45, 2.75) is 32.6 Å². The van der Waals surface area contributed by atoms with Gasteiger partial charge in [-0.1, -0.05) is 6.92 Å². The largest absolute Gasteiger partial charge is 0.381 e. The lowest BCUT2D eigenvalue weighted by Gasteiger charge is -2.35. The molecule has 2 fully saturated rings. The SMILES string of the molecule is CC1CCCN(CCNC(=O)C2(CN)CCOCC2)C1. The summed E-state index contributed by atoms with van der Waals surface area (Å²) in [5, 5.41) is 3.09. The number of nitrogens with two attached hydrogens (primary N) is 1. The molecule has 20 heavy (non-hydrogen) atoms. The molecule has 0 spiro atoms. The van der Waals surface area contributed by atoms with Gasteiger partial charge in [-0.2, -0.15) is 0 Å². The summed E-state index contributed by atoms with van der Waals surface area (Å²) < 4.78 is 5.34. The molecule has 0 aromatic heterocycles. The summed E-state index contributed by atoms with van der Waals surface area (Å²) in [6, 6.07) is 0. The number of ether oxygens (including phenoxy) is 1. The Morgan fingerprint density at radius 2 is 2.20 bits per heavy atom. The first kappa shape index (κ1) is 15.7. The molecule has 0 bridgehead atoms. The molecule has 0 aromatic rings. The van der Waals surface area contributed by atoms with Crippen molar-refractivity contribution in [3.8, 4) is 0 Å². The van der Waals surface area contributed by atoms with Crippen LogP contribution < -0.4 is 11.1 Å². The molecule has 2 aliphatic rings. The third-order valence-corrected chi connectivity index (χ3v) is 4.78. The first-order valence-electron chi connectivity index (χ1n) is 7.95. The number of amides is 1. The van der Waals surface area contributed by atoms with Crippen LogP contribution in [0.5, 0.6) is 0 Å². The highest BCUT2D eigenvalue weighted by Gasteiger charge is 2.38. The number of rotatable bonds is 5. The first-order chi connectivity index (χ1) is 9.66.